The number of imidazole rings is 1. The van der Waals surface area contributed by atoms with Crippen LogP contribution in [0.1, 0.15) is 37.1 Å². The van der Waals surface area contributed by atoms with Gasteiger partial charge in [-0.2, -0.15) is 0 Å². The molecule has 3 rings (SSSR count). The number of nitrogens with one attached hydrogen (secondary N) is 1. The number of carbonyl (C=O) groups is 2. The Kier molecular flexibility index (Phi) is 6.92. The second-order valence-corrected chi connectivity index (χ2v) is 7.43. The Bertz CT molecular complexity index is 789. The van der Waals surface area contributed by atoms with Crippen LogP contribution in [0.25, 0.3) is 5.69 Å². The average molecular weight is 388 g/mol. The molecule has 27 heavy (non-hydrogen) atoms. The standard InChI is InChI=1S/C20H25N3O3S/c1-26-19(25)12-7-13-21-18(24)14-27-20-22-16-10-5-6-11-17(16)23(20)15-8-3-2-4-9-15/h2-4,8-9H,5-7,10-14H2,1H3,(H,21,24). The summed E-state index contributed by atoms with van der Waals surface area (Å²) in [7, 11) is 1.37. The molecule has 1 heterocycles. The molecule has 0 spiro atoms. The number of thioether (sulfide) groups is 1. The summed E-state index contributed by atoms with van der Waals surface area (Å²) in [6, 6.07) is 10.2. The first-order chi connectivity index (χ1) is 13.2. The fraction of sp³-hybridized carbons (Fsp3) is 0.450. The van der Waals surface area contributed by atoms with Gasteiger partial charge in [-0.1, -0.05) is 30.0 Å². The minimum absolute atomic E-state index is 0.0505. The summed E-state index contributed by atoms with van der Waals surface area (Å²) < 4.78 is 6.79. The number of fused-ring (bicyclic) bond motifs is 1. The fourth-order valence-corrected chi connectivity index (χ4v) is 4.08. The summed E-state index contributed by atoms with van der Waals surface area (Å²) in [5.74, 6) is 0.000520. The molecular formula is C20H25N3O3S. The number of hydrogen-bond donors (Lipinski definition) is 1. The third-order valence-electron chi connectivity index (χ3n) is 4.56. The van der Waals surface area contributed by atoms with Gasteiger partial charge in [0, 0.05) is 24.3 Å². The Hall–Kier alpha value is -2.28. The minimum Gasteiger partial charge on any atom is -0.469 e. The van der Waals surface area contributed by atoms with Gasteiger partial charge in [0.1, 0.15) is 0 Å². The van der Waals surface area contributed by atoms with Crippen LogP contribution in [-0.4, -0.2) is 40.8 Å². The number of benzene rings is 1. The number of methoxy groups -OCH3 is 1. The van der Waals surface area contributed by atoms with Gasteiger partial charge in [0.15, 0.2) is 5.16 Å². The highest BCUT2D eigenvalue weighted by atomic mass is 32.2. The molecule has 0 fully saturated rings. The zero-order chi connectivity index (χ0) is 19.1. The molecule has 1 N–H and O–H groups in total. The predicted molar refractivity (Wildman–Crippen MR) is 105 cm³/mol. The molecule has 0 aliphatic heterocycles. The number of esters is 1. The Labute approximate surface area is 163 Å². The number of para-hydroxylation sites is 1. The average Bonchev–Trinajstić information content (AvgIpc) is 3.08. The lowest BCUT2D eigenvalue weighted by Gasteiger charge is -2.15. The van der Waals surface area contributed by atoms with E-state index >= 15 is 0 Å². The molecule has 0 saturated carbocycles. The number of aromatic nitrogens is 2. The van der Waals surface area contributed by atoms with E-state index in [1.165, 1.54) is 37.4 Å². The Balaban J connectivity index is 1.62. The molecule has 1 aliphatic rings. The van der Waals surface area contributed by atoms with Crippen LogP contribution in [0.15, 0.2) is 35.5 Å². The van der Waals surface area contributed by atoms with Crippen molar-refractivity contribution in [1.29, 1.82) is 0 Å². The van der Waals surface area contributed by atoms with Crippen LogP contribution in [0.4, 0.5) is 0 Å². The SMILES string of the molecule is COC(=O)CCCNC(=O)CSc1nc2c(n1-c1ccccc1)CCCC2. The number of hydrogen-bond acceptors (Lipinski definition) is 5. The fourth-order valence-electron chi connectivity index (χ4n) is 3.20. The quantitative estimate of drug-likeness (QED) is 0.428. The van der Waals surface area contributed by atoms with E-state index in [1.807, 2.05) is 18.2 Å². The van der Waals surface area contributed by atoms with Crippen molar-refractivity contribution in [3.8, 4) is 5.69 Å². The van der Waals surface area contributed by atoms with Crippen LogP contribution in [0, 0.1) is 0 Å². The third kappa shape index (κ3) is 5.13. The minimum atomic E-state index is -0.255. The maximum atomic E-state index is 12.1. The number of rotatable bonds is 8. The Morgan fingerprint density at radius 3 is 2.78 bits per heavy atom. The van der Waals surface area contributed by atoms with Crippen LogP contribution in [0.5, 0.6) is 0 Å². The highest BCUT2D eigenvalue weighted by Crippen LogP contribution is 2.30. The van der Waals surface area contributed by atoms with Gasteiger partial charge in [-0.15, -0.1) is 0 Å². The first kappa shape index (κ1) is 19.5. The summed E-state index contributed by atoms with van der Waals surface area (Å²) in [5.41, 5.74) is 3.52. The van der Waals surface area contributed by atoms with Gasteiger partial charge in [0.25, 0.3) is 0 Å². The summed E-state index contributed by atoms with van der Waals surface area (Å²) >= 11 is 1.46. The highest BCUT2D eigenvalue weighted by Gasteiger charge is 2.21. The van der Waals surface area contributed by atoms with Crippen molar-refractivity contribution in [2.24, 2.45) is 0 Å². The largest absolute Gasteiger partial charge is 0.469 e. The Morgan fingerprint density at radius 1 is 1.22 bits per heavy atom. The molecule has 6 nitrogen and oxygen atoms in total. The van der Waals surface area contributed by atoms with Crippen LogP contribution in [0.2, 0.25) is 0 Å². The second kappa shape index (κ2) is 9.60. The number of nitrogens with zero attached hydrogens (tertiary/aromatic N) is 2. The van der Waals surface area contributed by atoms with Crippen molar-refractivity contribution in [3.63, 3.8) is 0 Å². The van der Waals surface area contributed by atoms with E-state index in [-0.39, 0.29) is 11.9 Å². The summed E-state index contributed by atoms with van der Waals surface area (Å²) in [5, 5.41) is 3.72. The van der Waals surface area contributed by atoms with E-state index in [2.05, 4.69) is 26.8 Å². The number of carbonyl (C=O) groups excluding carboxylic acids is 2. The summed E-state index contributed by atoms with van der Waals surface area (Å²) in [6.45, 7) is 0.470. The maximum absolute atomic E-state index is 12.1. The molecule has 1 amide bonds. The van der Waals surface area contributed by atoms with Gasteiger partial charge in [-0.3, -0.25) is 14.2 Å². The third-order valence-corrected chi connectivity index (χ3v) is 5.49. The molecule has 0 atom stereocenters. The Morgan fingerprint density at radius 2 is 2.00 bits per heavy atom. The van der Waals surface area contributed by atoms with Crippen molar-refractivity contribution in [1.82, 2.24) is 14.9 Å². The molecule has 2 aromatic rings. The topological polar surface area (TPSA) is 73.2 Å². The second-order valence-electron chi connectivity index (χ2n) is 6.48. The van der Waals surface area contributed by atoms with Crippen molar-refractivity contribution in [2.75, 3.05) is 19.4 Å². The van der Waals surface area contributed by atoms with Gasteiger partial charge in [-0.05, 0) is 44.2 Å². The van der Waals surface area contributed by atoms with Gasteiger partial charge in [0.05, 0.1) is 18.6 Å². The van der Waals surface area contributed by atoms with E-state index in [9.17, 15) is 9.59 Å². The van der Waals surface area contributed by atoms with Crippen LogP contribution < -0.4 is 5.32 Å². The van der Waals surface area contributed by atoms with Gasteiger partial charge < -0.3 is 10.1 Å². The maximum Gasteiger partial charge on any atom is 0.305 e. The van der Waals surface area contributed by atoms with Crippen LogP contribution >= 0.6 is 11.8 Å². The predicted octanol–water partition coefficient (Wildman–Crippen LogP) is 2.91. The first-order valence-corrected chi connectivity index (χ1v) is 10.3. The first-order valence-electron chi connectivity index (χ1n) is 9.31. The smallest absolute Gasteiger partial charge is 0.305 e. The number of amides is 1. The van der Waals surface area contributed by atoms with Gasteiger partial charge in [-0.25, -0.2) is 4.98 Å². The van der Waals surface area contributed by atoms with Gasteiger partial charge in [0.2, 0.25) is 5.91 Å². The van der Waals surface area contributed by atoms with E-state index in [4.69, 9.17) is 4.98 Å². The summed E-state index contributed by atoms with van der Waals surface area (Å²) in [4.78, 5) is 28.0. The van der Waals surface area contributed by atoms with E-state index in [0.29, 0.717) is 25.1 Å². The molecule has 144 valence electrons. The number of ether oxygens (including phenoxy) is 1. The van der Waals surface area contributed by atoms with Crippen molar-refractivity contribution < 1.29 is 14.3 Å². The van der Waals surface area contributed by atoms with Crippen molar-refractivity contribution >= 4 is 23.6 Å². The van der Waals surface area contributed by atoms with Crippen LogP contribution in [-0.2, 0) is 27.2 Å². The lowest BCUT2D eigenvalue weighted by atomic mass is 10.0. The molecule has 1 aliphatic carbocycles. The molecule has 0 radical (unpaired) electrons. The molecule has 1 aromatic carbocycles. The molecular weight excluding hydrogens is 362 g/mol. The normalized spacial score (nSPS) is 13.1. The molecule has 0 bridgehead atoms. The number of aryl methyl sites for hydroxylation is 1. The zero-order valence-corrected chi connectivity index (χ0v) is 16.4. The van der Waals surface area contributed by atoms with E-state index in [1.54, 1.807) is 0 Å². The van der Waals surface area contributed by atoms with E-state index < -0.39 is 0 Å². The summed E-state index contributed by atoms with van der Waals surface area (Å²) in [6.07, 6.45) is 5.27. The zero-order valence-electron chi connectivity index (χ0n) is 15.6. The highest BCUT2D eigenvalue weighted by molar-refractivity contribution is 7.99. The molecule has 1 aromatic heterocycles. The lowest BCUT2D eigenvalue weighted by Crippen LogP contribution is -2.26. The van der Waals surface area contributed by atoms with Crippen LogP contribution in [0.3, 0.4) is 0 Å². The van der Waals surface area contributed by atoms with Crippen molar-refractivity contribution in [2.45, 2.75) is 43.7 Å². The van der Waals surface area contributed by atoms with Gasteiger partial charge >= 0.3 is 5.97 Å². The molecule has 0 unspecified atom stereocenters. The molecule has 0 saturated heterocycles. The van der Waals surface area contributed by atoms with Crippen molar-refractivity contribution in [3.05, 3.63) is 41.7 Å². The monoisotopic (exact) mass is 387 g/mol. The molecule has 7 heteroatoms. The lowest BCUT2D eigenvalue weighted by molar-refractivity contribution is -0.140. The van der Waals surface area contributed by atoms with E-state index in [0.717, 1.165) is 29.4 Å².